The van der Waals surface area contributed by atoms with Crippen LogP contribution in [0.5, 0.6) is 5.75 Å². The van der Waals surface area contributed by atoms with E-state index in [0.717, 1.165) is 24.2 Å². The molecule has 0 aliphatic carbocycles. The van der Waals surface area contributed by atoms with Gasteiger partial charge in [-0.15, -0.1) is 0 Å². The molecular formula is C24H37N3O4. The number of ether oxygens (including phenoxy) is 2. The van der Waals surface area contributed by atoms with Crippen LogP contribution in [0.2, 0.25) is 0 Å². The van der Waals surface area contributed by atoms with Gasteiger partial charge in [-0.25, -0.2) is 4.79 Å². The molecular weight excluding hydrogens is 394 g/mol. The van der Waals surface area contributed by atoms with Gasteiger partial charge in [0, 0.05) is 25.7 Å². The SMILES string of the molecule is COc1cccc([C@@H](C)N[C@@H](C)C(=O)NCCC2=CCN(C(=O)OC(C)(C)C)CC2)c1. The van der Waals surface area contributed by atoms with Crippen LogP contribution in [0.3, 0.4) is 0 Å². The van der Waals surface area contributed by atoms with Gasteiger partial charge in [-0.05, 0) is 65.2 Å². The van der Waals surface area contributed by atoms with Crippen LogP contribution in [0.25, 0.3) is 0 Å². The number of hydrogen-bond donors (Lipinski definition) is 2. The Morgan fingerprint density at radius 3 is 2.58 bits per heavy atom. The summed E-state index contributed by atoms with van der Waals surface area (Å²) in [5, 5.41) is 6.33. The Bertz CT molecular complexity index is 785. The fourth-order valence-electron chi connectivity index (χ4n) is 3.39. The number of nitrogens with zero attached hydrogens (tertiary/aromatic N) is 1. The molecule has 2 N–H and O–H groups in total. The summed E-state index contributed by atoms with van der Waals surface area (Å²) < 4.78 is 10.7. The Labute approximate surface area is 186 Å². The van der Waals surface area contributed by atoms with Crippen LogP contribution in [-0.2, 0) is 9.53 Å². The van der Waals surface area contributed by atoms with Crippen LogP contribution in [0.4, 0.5) is 4.79 Å². The molecule has 1 aromatic rings. The van der Waals surface area contributed by atoms with Gasteiger partial charge in [0.25, 0.3) is 0 Å². The van der Waals surface area contributed by atoms with Crippen LogP contribution >= 0.6 is 0 Å². The fraction of sp³-hybridized carbons (Fsp3) is 0.583. The number of benzene rings is 1. The largest absolute Gasteiger partial charge is 0.497 e. The molecule has 1 heterocycles. The second-order valence-corrected chi connectivity index (χ2v) is 8.97. The molecule has 2 atom stereocenters. The lowest BCUT2D eigenvalue weighted by Gasteiger charge is -2.29. The van der Waals surface area contributed by atoms with Gasteiger partial charge in [0.15, 0.2) is 0 Å². The summed E-state index contributed by atoms with van der Waals surface area (Å²) >= 11 is 0. The van der Waals surface area contributed by atoms with Gasteiger partial charge in [-0.2, -0.15) is 0 Å². The van der Waals surface area contributed by atoms with E-state index in [-0.39, 0.29) is 24.1 Å². The van der Waals surface area contributed by atoms with Crippen LogP contribution in [0, 0.1) is 0 Å². The number of carbonyl (C=O) groups excluding carboxylic acids is 2. The van der Waals surface area contributed by atoms with Crippen LogP contribution in [-0.4, -0.2) is 55.3 Å². The zero-order chi connectivity index (χ0) is 23.0. The minimum Gasteiger partial charge on any atom is -0.497 e. The molecule has 0 saturated carbocycles. The van der Waals surface area contributed by atoms with E-state index in [2.05, 4.69) is 16.7 Å². The molecule has 0 bridgehead atoms. The summed E-state index contributed by atoms with van der Waals surface area (Å²) in [6.07, 6.45) is 3.37. The third-order valence-electron chi connectivity index (χ3n) is 5.19. The molecule has 0 unspecified atom stereocenters. The number of rotatable bonds is 8. The first-order valence-electron chi connectivity index (χ1n) is 10.9. The Morgan fingerprint density at radius 2 is 1.97 bits per heavy atom. The third-order valence-corrected chi connectivity index (χ3v) is 5.19. The van der Waals surface area contributed by atoms with E-state index in [9.17, 15) is 9.59 Å². The number of nitrogens with one attached hydrogen (secondary N) is 2. The van der Waals surface area contributed by atoms with Crippen LogP contribution in [0.15, 0.2) is 35.9 Å². The zero-order valence-corrected chi connectivity index (χ0v) is 19.7. The highest BCUT2D eigenvalue weighted by Crippen LogP contribution is 2.19. The lowest BCUT2D eigenvalue weighted by atomic mass is 10.0. The maximum atomic E-state index is 12.5. The first kappa shape index (κ1) is 24.7. The maximum absolute atomic E-state index is 12.5. The van der Waals surface area contributed by atoms with Gasteiger partial charge in [0.2, 0.25) is 5.91 Å². The van der Waals surface area contributed by atoms with Gasteiger partial charge in [-0.1, -0.05) is 23.8 Å². The molecule has 0 aromatic heterocycles. The molecule has 1 aliphatic rings. The van der Waals surface area contributed by atoms with Crippen molar-refractivity contribution < 1.29 is 19.1 Å². The van der Waals surface area contributed by atoms with E-state index in [4.69, 9.17) is 9.47 Å². The monoisotopic (exact) mass is 431 g/mol. The number of hydrogen-bond acceptors (Lipinski definition) is 5. The third kappa shape index (κ3) is 8.25. The summed E-state index contributed by atoms with van der Waals surface area (Å²) in [5.74, 6) is 0.774. The van der Waals surface area contributed by atoms with Gasteiger partial charge >= 0.3 is 6.09 Å². The zero-order valence-electron chi connectivity index (χ0n) is 19.7. The van der Waals surface area contributed by atoms with E-state index in [1.807, 2.05) is 58.9 Å². The predicted octanol–water partition coefficient (Wildman–Crippen LogP) is 3.81. The second-order valence-electron chi connectivity index (χ2n) is 8.97. The number of methoxy groups -OCH3 is 1. The van der Waals surface area contributed by atoms with E-state index in [0.29, 0.717) is 19.6 Å². The summed E-state index contributed by atoms with van der Waals surface area (Å²) in [4.78, 5) is 26.3. The molecule has 31 heavy (non-hydrogen) atoms. The molecule has 0 fully saturated rings. The first-order chi connectivity index (χ1) is 14.6. The van der Waals surface area contributed by atoms with Crippen molar-refractivity contribution in [1.29, 1.82) is 0 Å². The molecule has 7 nitrogen and oxygen atoms in total. The van der Waals surface area contributed by atoms with Crippen LogP contribution < -0.4 is 15.4 Å². The first-order valence-corrected chi connectivity index (χ1v) is 10.9. The van der Waals surface area contributed by atoms with Gasteiger partial charge in [0.1, 0.15) is 11.4 Å². The van der Waals surface area contributed by atoms with Crippen molar-refractivity contribution >= 4 is 12.0 Å². The lowest BCUT2D eigenvalue weighted by molar-refractivity contribution is -0.122. The summed E-state index contributed by atoms with van der Waals surface area (Å²) in [7, 11) is 1.64. The van der Waals surface area contributed by atoms with E-state index >= 15 is 0 Å². The number of amides is 2. The van der Waals surface area contributed by atoms with Crippen molar-refractivity contribution in [3.63, 3.8) is 0 Å². The Hall–Kier alpha value is -2.54. The number of carbonyl (C=O) groups is 2. The van der Waals surface area contributed by atoms with Crippen molar-refractivity contribution in [3.8, 4) is 5.75 Å². The van der Waals surface area contributed by atoms with Crippen molar-refractivity contribution in [2.45, 2.75) is 65.1 Å². The van der Waals surface area contributed by atoms with E-state index in [1.165, 1.54) is 5.57 Å². The molecule has 0 radical (unpaired) electrons. The molecule has 172 valence electrons. The normalized spacial score (nSPS) is 16.2. The van der Waals surface area contributed by atoms with Gasteiger partial charge in [0.05, 0.1) is 13.2 Å². The summed E-state index contributed by atoms with van der Waals surface area (Å²) in [6.45, 7) is 11.3. The smallest absolute Gasteiger partial charge is 0.410 e. The highest BCUT2D eigenvalue weighted by atomic mass is 16.6. The minimum atomic E-state index is -0.486. The van der Waals surface area contributed by atoms with Gasteiger partial charge < -0.3 is 19.7 Å². The van der Waals surface area contributed by atoms with Crippen molar-refractivity contribution in [3.05, 3.63) is 41.5 Å². The maximum Gasteiger partial charge on any atom is 0.410 e. The van der Waals surface area contributed by atoms with Crippen LogP contribution in [0.1, 0.15) is 59.1 Å². The second kappa shape index (κ2) is 11.2. The van der Waals surface area contributed by atoms with E-state index < -0.39 is 5.60 Å². The molecule has 7 heteroatoms. The Morgan fingerprint density at radius 1 is 1.23 bits per heavy atom. The molecule has 2 rings (SSSR count). The van der Waals surface area contributed by atoms with Crippen molar-refractivity contribution in [2.24, 2.45) is 0 Å². The molecule has 0 spiro atoms. The highest BCUT2D eigenvalue weighted by molar-refractivity contribution is 5.81. The Kier molecular flexibility index (Phi) is 8.92. The molecule has 0 saturated heterocycles. The standard InChI is InChI=1S/C24H37N3O4/c1-17(20-8-7-9-21(16-20)30-6)26-18(2)22(28)25-13-10-19-11-14-27(15-12-19)23(29)31-24(3,4)5/h7-9,11,16-18,26H,10,12-15H2,1-6H3,(H,25,28)/t17-,18+/m1/s1. The lowest BCUT2D eigenvalue weighted by Crippen LogP contribution is -2.43. The summed E-state index contributed by atoms with van der Waals surface area (Å²) in [6, 6.07) is 7.54. The fourth-order valence-corrected chi connectivity index (χ4v) is 3.39. The predicted molar refractivity (Wildman–Crippen MR) is 122 cm³/mol. The van der Waals surface area contributed by atoms with Crippen molar-refractivity contribution in [2.75, 3.05) is 26.7 Å². The van der Waals surface area contributed by atoms with Gasteiger partial charge in [-0.3, -0.25) is 10.1 Å². The molecule has 2 amide bonds. The quantitative estimate of drug-likeness (QED) is 0.612. The Balaban J connectivity index is 1.73. The minimum absolute atomic E-state index is 0.0238. The average molecular weight is 432 g/mol. The topological polar surface area (TPSA) is 79.9 Å². The average Bonchev–Trinajstić information content (AvgIpc) is 2.72. The highest BCUT2D eigenvalue weighted by Gasteiger charge is 2.23. The summed E-state index contributed by atoms with van der Waals surface area (Å²) in [5.41, 5.74) is 1.84. The van der Waals surface area contributed by atoms with E-state index in [1.54, 1.807) is 12.0 Å². The molecule has 1 aliphatic heterocycles. The molecule has 1 aromatic carbocycles. The van der Waals surface area contributed by atoms with Crippen molar-refractivity contribution in [1.82, 2.24) is 15.5 Å².